The predicted octanol–water partition coefficient (Wildman–Crippen LogP) is 1.12. The van der Waals surface area contributed by atoms with Gasteiger partial charge in [0.1, 0.15) is 6.33 Å². The first-order valence-electron chi connectivity index (χ1n) is 7.14. The van der Waals surface area contributed by atoms with Gasteiger partial charge in [0.2, 0.25) is 5.91 Å². The summed E-state index contributed by atoms with van der Waals surface area (Å²) in [6, 6.07) is 7.35. The Kier molecular flexibility index (Phi) is 3.92. The molecule has 0 bridgehead atoms. The minimum atomic E-state index is -0.0852. The zero-order chi connectivity index (χ0) is 14.7. The maximum atomic E-state index is 12.3. The molecule has 1 fully saturated rings. The van der Waals surface area contributed by atoms with Gasteiger partial charge in [0.15, 0.2) is 0 Å². The van der Waals surface area contributed by atoms with Crippen LogP contribution in [0, 0.1) is 5.92 Å². The highest BCUT2D eigenvalue weighted by molar-refractivity contribution is 5.93. The van der Waals surface area contributed by atoms with Gasteiger partial charge in [-0.1, -0.05) is 12.8 Å². The van der Waals surface area contributed by atoms with Gasteiger partial charge in [-0.2, -0.15) is 0 Å². The van der Waals surface area contributed by atoms with Gasteiger partial charge < -0.3 is 11.1 Å². The third kappa shape index (κ3) is 3.08. The van der Waals surface area contributed by atoms with Crippen molar-refractivity contribution in [3.63, 3.8) is 0 Å². The lowest BCUT2D eigenvalue weighted by Crippen LogP contribution is -2.40. The zero-order valence-electron chi connectivity index (χ0n) is 11.6. The fourth-order valence-corrected chi connectivity index (χ4v) is 2.70. The Morgan fingerprint density at radius 2 is 2.00 bits per heavy atom. The number of carbonyl (C=O) groups is 1. The Hall–Kier alpha value is -2.28. The number of rotatable bonds is 3. The molecule has 1 heterocycles. The van der Waals surface area contributed by atoms with Crippen LogP contribution in [0.5, 0.6) is 0 Å². The van der Waals surface area contributed by atoms with Gasteiger partial charge in [-0.05, 0) is 47.5 Å². The van der Waals surface area contributed by atoms with Crippen LogP contribution in [0.15, 0.2) is 30.6 Å². The number of amides is 1. The molecule has 0 radical (unpaired) electrons. The number of nitrogens with two attached hydrogens (primary N) is 1. The smallest absolute Gasteiger partial charge is 0.229 e. The van der Waals surface area contributed by atoms with Crippen LogP contribution in [0.4, 0.5) is 5.69 Å². The Labute approximate surface area is 122 Å². The van der Waals surface area contributed by atoms with E-state index >= 15 is 0 Å². The van der Waals surface area contributed by atoms with Crippen molar-refractivity contribution in [2.24, 2.45) is 11.7 Å². The predicted molar refractivity (Wildman–Crippen MR) is 77.7 cm³/mol. The summed E-state index contributed by atoms with van der Waals surface area (Å²) >= 11 is 0. The molecule has 1 aromatic heterocycles. The van der Waals surface area contributed by atoms with Crippen molar-refractivity contribution in [3.8, 4) is 5.69 Å². The summed E-state index contributed by atoms with van der Waals surface area (Å²) in [7, 11) is 0. The summed E-state index contributed by atoms with van der Waals surface area (Å²) in [5, 5.41) is 13.9. The minimum Gasteiger partial charge on any atom is -0.327 e. The number of aromatic nitrogens is 4. The Morgan fingerprint density at radius 1 is 1.24 bits per heavy atom. The molecule has 21 heavy (non-hydrogen) atoms. The molecule has 0 aliphatic heterocycles. The quantitative estimate of drug-likeness (QED) is 0.881. The van der Waals surface area contributed by atoms with Gasteiger partial charge in [-0.15, -0.1) is 5.10 Å². The number of benzene rings is 1. The second-order valence-electron chi connectivity index (χ2n) is 5.35. The van der Waals surface area contributed by atoms with Crippen LogP contribution in [0.1, 0.15) is 25.7 Å². The number of tetrazole rings is 1. The average molecular weight is 286 g/mol. The topological polar surface area (TPSA) is 98.7 Å². The van der Waals surface area contributed by atoms with E-state index in [1.807, 2.05) is 24.3 Å². The van der Waals surface area contributed by atoms with Crippen LogP contribution in [0.2, 0.25) is 0 Å². The van der Waals surface area contributed by atoms with E-state index in [1.165, 1.54) is 6.33 Å². The van der Waals surface area contributed by atoms with Crippen LogP contribution in [-0.2, 0) is 4.79 Å². The summed E-state index contributed by atoms with van der Waals surface area (Å²) in [6.07, 6.45) is 5.51. The fraction of sp³-hybridized carbons (Fsp3) is 0.429. The first-order chi connectivity index (χ1) is 10.2. The van der Waals surface area contributed by atoms with E-state index in [0.717, 1.165) is 37.1 Å². The first-order valence-corrected chi connectivity index (χ1v) is 7.14. The van der Waals surface area contributed by atoms with E-state index in [1.54, 1.807) is 4.68 Å². The lowest BCUT2D eigenvalue weighted by Gasteiger charge is -2.27. The number of nitrogens with one attached hydrogen (secondary N) is 1. The van der Waals surface area contributed by atoms with Crippen LogP contribution in [0.25, 0.3) is 5.69 Å². The van der Waals surface area contributed by atoms with Crippen LogP contribution < -0.4 is 11.1 Å². The highest BCUT2D eigenvalue weighted by atomic mass is 16.1. The van der Waals surface area contributed by atoms with E-state index in [-0.39, 0.29) is 17.9 Å². The summed E-state index contributed by atoms with van der Waals surface area (Å²) in [5.74, 6) is -0.0738. The SMILES string of the molecule is NC1CCCCC1C(=O)Nc1ccc(-n2cnnn2)cc1. The van der Waals surface area contributed by atoms with E-state index in [4.69, 9.17) is 5.73 Å². The summed E-state index contributed by atoms with van der Waals surface area (Å²) in [4.78, 5) is 12.3. The standard InChI is InChI=1S/C14H18N6O/c15-13-4-2-1-3-12(13)14(21)17-10-5-7-11(8-6-10)20-9-16-18-19-20/h5-9,12-13H,1-4,15H2,(H,17,21). The Balaban J connectivity index is 1.66. The molecule has 7 heteroatoms. The van der Waals surface area contributed by atoms with Gasteiger partial charge in [-0.25, -0.2) is 4.68 Å². The molecule has 1 aromatic carbocycles. The maximum absolute atomic E-state index is 12.3. The molecular formula is C14H18N6O. The third-order valence-corrected chi connectivity index (χ3v) is 3.90. The average Bonchev–Trinajstić information content (AvgIpc) is 3.02. The van der Waals surface area contributed by atoms with Crippen LogP contribution in [0.3, 0.4) is 0 Å². The normalized spacial score (nSPS) is 22.0. The van der Waals surface area contributed by atoms with Crippen molar-refractivity contribution in [3.05, 3.63) is 30.6 Å². The molecule has 110 valence electrons. The molecule has 1 amide bonds. The van der Waals surface area contributed by atoms with E-state index in [2.05, 4.69) is 20.8 Å². The van der Waals surface area contributed by atoms with Gasteiger partial charge in [-0.3, -0.25) is 4.79 Å². The lowest BCUT2D eigenvalue weighted by molar-refractivity contribution is -0.121. The van der Waals surface area contributed by atoms with Gasteiger partial charge >= 0.3 is 0 Å². The minimum absolute atomic E-state index is 0.0115. The van der Waals surface area contributed by atoms with Crippen molar-refractivity contribution in [2.75, 3.05) is 5.32 Å². The van der Waals surface area contributed by atoms with E-state index in [9.17, 15) is 4.79 Å². The highest BCUT2D eigenvalue weighted by Gasteiger charge is 2.28. The molecule has 0 saturated heterocycles. The molecule has 7 nitrogen and oxygen atoms in total. The highest BCUT2D eigenvalue weighted by Crippen LogP contribution is 2.24. The monoisotopic (exact) mass is 286 g/mol. The first kappa shape index (κ1) is 13.7. The molecule has 1 saturated carbocycles. The molecule has 3 rings (SSSR count). The third-order valence-electron chi connectivity index (χ3n) is 3.90. The summed E-state index contributed by atoms with van der Waals surface area (Å²) in [6.45, 7) is 0. The number of nitrogens with zero attached hydrogens (tertiary/aromatic N) is 4. The molecule has 0 spiro atoms. The fourth-order valence-electron chi connectivity index (χ4n) is 2.70. The molecule has 2 unspecified atom stereocenters. The van der Waals surface area contributed by atoms with E-state index < -0.39 is 0 Å². The number of anilines is 1. The zero-order valence-corrected chi connectivity index (χ0v) is 11.6. The van der Waals surface area contributed by atoms with Crippen LogP contribution >= 0.6 is 0 Å². The number of hydrogen-bond donors (Lipinski definition) is 2. The van der Waals surface area contributed by atoms with Crippen molar-refractivity contribution in [2.45, 2.75) is 31.7 Å². The van der Waals surface area contributed by atoms with Gasteiger partial charge in [0.05, 0.1) is 11.6 Å². The van der Waals surface area contributed by atoms with Crippen molar-refractivity contribution in [1.82, 2.24) is 20.2 Å². The Bertz CT molecular complexity index is 594. The van der Waals surface area contributed by atoms with Gasteiger partial charge in [0.25, 0.3) is 0 Å². The second kappa shape index (κ2) is 6.01. The molecular weight excluding hydrogens is 268 g/mol. The molecule has 1 aliphatic carbocycles. The van der Waals surface area contributed by atoms with Crippen molar-refractivity contribution >= 4 is 11.6 Å². The van der Waals surface area contributed by atoms with Crippen LogP contribution in [-0.4, -0.2) is 32.2 Å². The van der Waals surface area contributed by atoms with Crippen molar-refractivity contribution < 1.29 is 4.79 Å². The largest absolute Gasteiger partial charge is 0.327 e. The van der Waals surface area contributed by atoms with Crippen molar-refractivity contribution in [1.29, 1.82) is 0 Å². The maximum Gasteiger partial charge on any atom is 0.229 e. The molecule has 2 atom stereocenters. The second-order valence-corrected chi connectivity index (χ2v) is 5.35. The van der Waals surface area contributed by atoms with Gasteiger partial charge in [0, 0.05) is 11.7 Å². The number of hydrogen-bond acceptors (Lipinski definition) is 5. The number of carbonyl (C=O) groups excluding carboxylic acids is 1. The summed E-state index contributed by atoms with van der Waals surface area (Å²) < 4.78 is 1.56. The Morgan fingerprint density at radius 3 is 2.67 bits per heavy atom. The lowest BCUT2D eigenvalue weighted by atomic mass is 9.84. The molecule has 1 aliphatic rings. The van der Waals surface area contributed by atoms with E-state index in [0.29, 0.717) is 0 Å². The summed E-state index contributed by atoms with van der Waals surface area (Å²) in [5.41, 5.74) is 7.63. The molecule has 2 aromatic rings. The molecule has 3 N–H and O–H groups in total.